The van der Waals surface area contributed by atoms with Crippen molar-refractivity contribution in [1.29, 1.82) is 0 Å². The van der Waals surface area contributed by atoms with E-state index in [4.69, 9.17) is 0 Å². The third-order valence-electron chi connectivity index (χ3n) is 5.54. The van der Waals surface area contributed by atoms with Gasteiger partial charge in [-0.15, -0.1) is 0 Å². The number of aryl methyl sites for hydroxylation is 1. The Labute approximate surface area is 196 Å². The van der Waals surface area contributed by atoms with Gasteiger partial charge in [-0.25, -0.2) is 14.2 Å². The first-order valence-electron chi connectivity index (χ1n) is 10.8. The zero-order valence-corrected chi connectivity index (χ0v) is 18.5. The van der Waals surface area contributed by atoms with Crippen LogP contribution in [0.2, 0.25) is 0 Å². The van der Waals surface area contributed by atoms with Crippen molar-refractivity contribution in [3.05, 3.63) is 114 Å². The SMILES string of the molecule is Cc1cc(-c2cccc(C(=O)NC(Cc3ccc(-c4ccccc4)cc3)C(=O)O)n2)ccc1F. The highest BCUT2D eigenvalue weighted by atomic mass is 19.1. The number of amides is 1. The van der Waals surface area contributed by atoms with Crippen LogP contribution in [-0.4, -0.2) is 28.0 Å². The largest absolute Gasteiger partial charge is 0.480 e. The van der Waals surface area contributed by atoms with Gasteiger partial charge in [0.05, 0.1) is 5.69 Å². The fraction of sp³-hybridized carbons (Fsp3) is 0.107. The van der Waals surface area contributed by atoms with Crippen LogP contribution in [0, 0.1) is 12.7 Å². The maximum absolute atomic E-state index is 13.6. The van der Waals surface area contributed by atoms with Crippen molar-refractivity contribution in [2.24, 2.45) is 0 Å². The van der Waals surface area contributed by atoms with E-state index < -0.39 is 17.9 Å². The number of nitrogens with one attached hydrogen (secondary N) is 1. The molecule has 2 N–H and O–H groups in total. The molecule has 0 saturated carbocycles. The molecule has 0 aliphatic carbocycles. The van der Waals surface area contributed by atoms with Gasteiger partial charge in [0.1, 0.15) is 17.6 Å². The summed E-state index contributed by atoms with van der Waals surface area (Å²) >= 11 is 0. The number of carbonyl (C=O) groups excluding carboxylic acids is 1. The van der Waals surface area contributed by atoms with Crippen LogP contribution in [0.4, 0.5) is 4.39 Å². The standard InChI is InChI=1S/C28H23FN2O3/c1-18-16-22(14-15-23(18)29)24-8-5-9-25(30-24)27(32)31-26(28(33)34)17-19-10-12-21(13-11-19)20-6-3-2-4-7-20/h2-16,26H,17H2,1H3,(H,31,32)(H,33,34). The van der Waals surface area contributed by atoms with E-state index in [1.54, 1.807) is 31.2 Å². The Bertz CT molecular complexity index is 1320. The number of carboxylic acid groups (broad SMARTS) is 1. The van der Waals surface area contributed by atoms with Crippen molar-refractivity contribution in [3.63, 3.8) is 0 Å². The predicted molar refractivity (Wildman–Crippen MR) is 129 cm³/mol. The van der Waals surface area contributed by atoms with Crippen LogP contribution in [0.3, 0.4) is 0 Å². The lowest BCUT2D eigenvalue weighted by atomic mass is 10.0. The Balaban J connectivity index is 1.48. The fourth-order valence-electron chi connectivity index (χ4n) is 3.66. The molecule has 1 atom stereocenters. The molecule has 0 spiro atoms. The number of nitrogens with zero attached hydrogens (tertiary/aromatic N) is 1. The zero-order chi connectivity index (χ0) is 24.1. The van der Waals surface area contributed by atoms with Crippen LogP contribution in [0.5, 0.6) is 0 Å². The number of carboxylic acids is 1. The van der Waals surface area contributed by atoms with E-state index in [0.717, 1.165) is 16.7 Å². The van der Waals surface area contributed by atoms with E-state index in [-0.39, 0.29) is 17.9 Å². The van der Waals surface area contributed by atoms with Crippen molar-refractivity contribution in [2.45, 2.75) is 19.4 Å². The Morgan fingerprint density at radius 3 is 2.24 bits per heavy atom. The Kier molecular flexibility index (Phi) is 6.78. The lowest BCUT2D eigenvalue weighted by Crippen LogP contribution is -2.42. The monoisotopic (exact) mass is 454 g/mol. The molecule has 0 bridgehead atoms. The molecular formula is C28H23FN2O3. The molecule has 0 aliphatic rings. The molecule has 1 heterocycles. The number of benzene rings is 3. The minimum Gasteiger partial charge on any atom is -0.480 e. The second kappa shape index (κ2) is 10.1. The smallest absolute Gasteiger partial charge is 0.326 e. The summed E-state index contributed by atoms with van der Waals surface area (Å²) < 4.78 is 13.6. The van der Waals surface area contributed by atoms with Gasteiger partial charge in [-0.05, 0) is 59.5 Å². The minimum absolute atomic E-state index is 0.0881. The number of carbonyl (C=O) groups is 2. The summed E-state index contributed by atoms with van der Waals surface area (Å²) in [5, 5.41) is 12.2. The van der Waals surface area contributed by atoms with E-state index in [1.165, 1.54) is 12.1 Å². The van der Waals surface area contributed by atoms with E-state index in [0.29, 0.717) is 16.8 Å². The highest BCUT2D eigenvalue weighted by molar-refractivity contribution is 5.95. The van der Waals surface area contributed by atoms with Crippen molar-refractivity contribution < 1.29 is 19.1 Å². The number of rotatable bonds is 7. The third-order valence-corrected chi connectivity index (χ3v) is 5.54. The van der Waals surface area contributed by atoms with Crippen molar-refractivity contribution in [2.75, 3.05) is 0 Å². The van der Waals surface area contributed by atoms with Crippen molar-refractivity contribution in [1.82, 2.24) is 10.3 Å². The van der Waals surface area contributed by atoms with Crippen LogP contribution < -0.4 is 5.32 Å². The van der Waals surface area contributed by atoms with Gasteiger partial charge in [-0.1, -0.05) is 60.7 Å². The first-order valence-corrected chi connectivity index (χ1v) is 10.8. The molecular weight excluding hydrogens is 431 g/mol. The zero-order valence-electron chi connectivity index (χ0n) is 18.5. The maximum atomic E-state index is 13.6. The van der Waals surface area contributed by atoms with Crippen molar-refractivity contribution >= 4 is 11.9 Å². The summed E-state index contributed by atoms with van der Waals surface area (Å²) in [5.74, 6) is -2.04. The number of hydrogen-bond acceptors (Lipinski definition) is 3. The molecule has 5 nitrogen and oxygen atoms in total. The first kappa shape index (κ1) is 22.9. The molecule has 4 rings (SSSR count). The quantitative estimate of drug-likeness (QED) is 0.398. The molecule has 6 heteroatoms. The number of aliphatic carboxylic acids is 1. The Hall–Kier alpha value is -4.32. The molecule has 0 aliphatic heterocycles. The van der Waals surface area contributed by atoms with Gasteiger partial charge in [0.15, 0.2) is 0 Å². The van der Waals surface area contributed by atoms with Crippen molar-refractivity contribution in [3.8, 4) is 22.4 Å². The van der Waals surface area contributed by atoms with E-state index in [9.17, 15) is 19.1 Å². The summed E-state index contributed by atoms with van der Waals surface area (Å²) in [7, 11) is 0. The summed E-state index contributed by atoms with van der Waals surface area (Å²) in [6.07, 6.45) is 0.132. The average molecular weight is 455 g/mol. The predicted octanol–water partition coefficient (Wildman–Crippen LogP) is 5.29. The summed E-state index contributed by atoms with van der Waals surface area (Å²) in [5.41, 5.74) is 4.61. The maximum Gasteiger partial charge on any atom is 0.326 e. The van der Waals surface area contributed by atoms with Gasteiger partial charge in [0.2, 0.25) is 0 Å². The van der Waals surface area contributed by atoms with Gasteiger partial charge in [0.25, 0.3) is 5.91 Å². The number of hydrogen-bond donors (Lipinski definition) is 2. The van der Waals surface area contributed by atoms with Crippen LogP contribution >= 0.6 is 0 Å². The minimum atomic E-state index is -1.13. The molecule has 4 aromatic rings. The van der Waals surface area contributed by atoms with Crippen LogP contribution in [0.15, 0.2) is 91.0 Å². The Morgan fingerprint density at radius 2 is 1.56 bits per heavy atom. The van der Waals surface area contributed by atoms with Gasteiger partial charge in [-0.3, -0.25) is 4.79 Å². The molecule has 0 fully saturated rings. The number of aromatic nitrogens is 1. The fourth-order valence-corrected chi connectivity index (χ4v) is 3.66. The van der Waals surface area contributed by atoms with E-state index in [2.05, 4.69) is 10.3 Å². The summed E-state index contributed by atoms with van der Waals surface area (Å²) in [6.45, 7) is 1.65. The second-order valence-electron chi connectivity index (χ2n) is 8.00. The van der Waals surface area contributed by atoms with Crippen LogP contribution in [0.25, 0.3) is 22.4 Å². The highest BCUT2D eigenvalue weighted by Crippen LogP contribution is 2.21. The highest BCUT2D eigenvalue weighted by Gasteiger charge is 2.22. The van der Waals surface area contributed by atoms with E-state index in [1.807, 2.05) is 54.6 Å². The molecule has 1 unspecified atom stereocenters. The first-order chi connectivity index (χ1) is 16.4. The molecule has 1 aromatic heterocycles. The van der Waals surface area contributed by atoms with E-state index >= 15 is 0 Å². The molecule has 0 radical (unpaired) electrons. The lowest BCUT2D eigenvalue weighted by Gasteiger charge is -2.15. The van der Waals surface area contributed by atoms with Gasteiger partial charge in [-0.2, -0.15) is 0 Å². The number of halogens is 1. The summed E-state index contributed by atoms with van der Waals surface area (Å²) in [4.78, 5) is 29.0. The normalized spacial score (nSPS) is 11.6. The lowest BCUT2D eigenvalue weighted by molar-refractivity contribution is -0.139. The third kappa shape index (κ3) is 5.35. The molecule has 3 aromatic carbocycles. The average Bonchev–Trinajstić information content (AvgIpc) is 2.86. The topological polar surface area (TPSA) is 79.3 Å². The molecule has 170 valence electrons. The second-order valence-corrected chi connectivity index (χ2v) is 8.00. The van der Waals surface area contributed by atoms with Crippen LogP contribution in [0.1, 0.15) is 21.6 Å². The molecule has 1 amide bonds. The number of pyridine rings is 1. The molecule has 34 heavy (non-hydrogen) atoms. The van der Waals surface area contributed by atoms with Gasteiger partial charge >= 0.3 is 5.97 Å². The summed E-state index contributed by atoms with van der Waals surface area (Å²) in [6, 6.07) is 25.8. The molecule has 0 saturated heterocycles. The van der Waals surface area contributed by atoms with Gasteiger partial charge in [0, 0.05) is 12.0 Å². The van der Waals surface area contributed by atoms with Crippen LogP contribution in [-0.2, 0) is 11.2 Å². The van der Waals surface area contributed by atoms with Gasteiger partial charge < -0.3 is 10.4 Å². The Morgan fingerprint density at radius 1 is 0.882 bits per heavy atom.